The summed E-state index contributed by atoms with van der Waals surface area (Å²) in [6, 6.07) is 9.61. The van der Waals surface area contributed by atoms with E-state index in [0.717, 1.165) is 0 Å². The highest BCUT2D eigenvalue weighted by molar-refractivity contribution is 6.00. The van der Waals surface area contributed by atoms with Crippen molar-refractivity contribution in [3.8, 4) is 11.1 Å². The Morgan fingerprint density at radius 3 is 2.63 bits per heavy atom. The van der Waals surface area contributed by atoms with E-state index < -0.39 is 5.97 Å². The number of aromatic carboxylic acids is 1. The van der Waals surface area contributed by atoms with Gasteiger partial charge in [-0.15, -0.1) is 0 Å². The van der Waals surface area contributed by atoms with Gasteiger partial charge in [0, 0.05) is 31.2 Å². The molecule has 0 saturated carbocycles. The predicted octanol–water partition coefficient (Wildman–Crippen LogP) is 1.73. The fourth-order valence-corrected chi connectivity index (χ4v) is 3.33. The summed E-state index contributed by atoms with van der Waals surface area (Å²) in [5, 5.41) is 14.2. The minimum atomic E-state index is -1.04. The average molecular weight is 364 g/mol. The Morgan fingerprint density at radius 2 is 1.93 bits per heavy atom. The van der Waals surface area contributed by atoms with Crippen LogP contribution in [0.25, 0.3) is 27.7 Å². The van der Waals surface area contributed by atoms with E-state index in [2.05, 4.69) is 5.10 Å². The van der Waals surface area contributed by atoms with Gasteiger partial charge in [-0.25, -0.2) is 14.3 Å². The molecule has 1 aromatic carbocycles. The Bertz CT molecular complexity index is 1340. The molecule has 0 unspecified atom stereocenters. The van der Waals surface area contributed by atoms with Crippen LogP contribution in [0.5, 0.6) is 0 Å². The van der Waals surface area contributed by atoms with Crippen LogP contribution in [0.15, 0.2) is 52.2 Å². The molecular weight excluding hydrogens is 348 g/mol. The second-order valence-electron chi connectivity index (χ2n) is 6.23. The van der Waals surface area contributed by atoms with Crippen LogP contribution in [0.1, 0.15) is 17.3 Å². The second kappa shape index (κ2) is 5.94. The van der Waals surface area contributed by atoms with Crippen molar-refractivity contribution in [3.05, 3.63) is 69.0 Å². The van der Waals surface area contributed by atoms with Gasteiger partial charge < -0.3 is 9.67 Å². The van der Waals surface area contributed by atoms with Crippen molar-refractivity contribution in [2.45, 2.75) is 13.5 Å². The van der Waals surface area contributed by atoms with Crippen LogP contribution in [0.2, 0.25) is 0 Å². The van der Waals surface area contributed by atoms with Crippen molar-refractivity contribution in [1.29, 1.82) is 0 Å². The third-order valence-electron chi connectivity index (χ3n) is 4.66. The molecule has 0 bridgehead atoms. The molecule has 0 saturated heterocycles. The highest BCUT2D eigenvalue weighted by Crippen LogP contribution is 2.28. The van der Waals surface area contributed by atoms with E-state index in [1.807, 2.05) is 6.92 Å². The number of carbonyl (C=O) groups is 1. The largest absolute Gasteiger partial charge is 0.478 e. The van der Waals surface area contributed by atoms with Crippen molar-refractivity contribution in [2.24, 2.45) is 7.05 Å². The quantitative estimate of drug-likeness (QED) is 0.597. The number of hydrogen-bond donors (Lipinski definition) is 1. The van der Waals surface area contributed by atoms with Gasteiger partial charge in [-0.05, 0) is 48.4 Å². The van der Waals surface area contributed by atoms with E-state index >= 15 is 0 Å². The Kier molecular flexibility index (Phi) is 3.69. The molecule has 1 N–H and O–H groups in total. The summed E-state index contributed by atoms with van der Waals surface area (Å²) in [6.45, 7) is 2.33. The van der Waals surface area contributed by atoms with Gasteiger partial charge in [0.05, 0.1) is 11.1 Å². The van der Waals surface area contributed by atoms with Gasteiger partial charge >= 0.3 is 11.7 Å². The Hall–Kier alpha value is -3.68. The standard InChI is InChI=1S/C19H16N4O4/c1-3-22-15-5-4-12(18(25)26)8-14(15)13(10-17(22)24)11-6-7-23-16(9-11)20-21(2)19(23)27/h4-10H,3H2,1-2H3,(H,25,26). The van der Waals surface area contributed by atoms with Gasteiger partial charge in [0.15, 0.2) is 5.65 Å². The summed E-state index contributed by atoms with van der Waals surface area (Å²) >= 11 is 0. The number of fused-ring (bicyclic) bond motifs is 2. The van der Waals surface area contributed by atoms with Crippen LogP contribution >= 0.6 is 0 Å². The number of aromatic nitrogens is 4. The number of aryl methyl sites for hydroxylation is 2. The van der Waals surface area contributed by atoms with Crippen LogP contribution in [0.3, 0.4) is 0 Å². The summed E-state index contributed by atoms with van der Waals surface area (Å²) < 4.78 is 4.23. The Labute approximate surface area is 152 Å². The monoisotopic (exact) mass is 364 g/mol. The Balaban J connectivity index is 2.08. The van der Waals surface area contributed by atoms with Gasteiger partial charge in [0.25, 0.3) is 5.56 Å². The van der Waals surface area contributed by atoms with Gasteiger partial charge in [0.2, 0.25) is 0 Å². The molecule has 4 rings (SSSR count). The lowest BCUT2D eigenvalue weighted by Crippen LogP contribution is -2.19. The van der Waals surface area contributed by atoms with Crippen molar-refractivity contribution in [1.82, 2.24) is 18.7 Å². The molecule has 0 radical (unpaired) electrons. The predicted molar refractivity (Wildman–Crippen MR) is 100 cm³/mol. The maximum Gasteiger partial charge on any atom is 0.350 e. The van der Waals surface area contributed by atoms with E-state index in [-0.39, 0.29) is 16.8 Å². The first-order valence-corrected chi connectivity index (χ1v) is 8.37. The average Bonchev–Trinajstić information content (AvgIpc) is 2.94. The van der Waals surface area contributed by atoms with Crippen LogP contribution in [-0.2, 0) is 13.6 Å². The molecule has 3 aromatic heterocycles. The molecular formula is C19H16N4O4. The number of hydrogen-bond acceptors (Lipinski definition) is 4. The molecule has 136 valence electrons. The molecule has 4 aromatic rings. The van der Waals surface area contributed by atoms with E-state index in [4.69, 9.17) is 0 Å². The number of carboxylic acids is 1. The summed E-state index contributed by atoms with van der Waals surface area (Å²) in [4.78, 5) is 36.0. The molecule has 0 aliphatic rings. The third-order valence-corrected chi connectivity index (χ3v) is 4.66. The van der Waals surface area contributed by atoms with Crippen LogP contribution in [-0.4, -0.2) is 29.8 Å². The van der Waals surface area contributed by atoms with Gasteiger partial charge in [-0.3, -0.25) is 9.20 Å². The number of carboxylic acid groups (broad SMARTS) is 1. The van der Waals surface area contributed by atoms with E-state index in [0.29, 0.717) is 34.2 Å². The molecule has 0 fully saturated rings. The zero-order chi connectivity index (χ0) is 19.3. The van der Waals surface area contributed by atoms with E-state index in [1.54, 1.807) is 42.1 Å². The maximum absolute atomic E-state index is 12.6. The minimum absolute atomic E-state index is 0.139. The highest BCUT2D eigenvalue weighted by atomic mass is 16.4. The summed E-state index contributed by atoms with van der Waals surface area (Å²) in [6.07, 6.45) is 1.60. The molecule has 8 heteroatoms. The normalized spacial score (nSPS) is 11.3. The molecule has 8 nitrogen and oxygen atoms in total. The lowest BCUT2D eigenvalue weighted by Gasteiger charge is -2.13. The van der Waals surface area contributed by atoms with Crippen molar-refractivity contribution < 1.29 is 9.90 Å². The summed E-state index contributed by atoms with van der Waals surface area (Å²) in [5.74, 6) is -1.04. The first-order valence-electron chi connectivity index (χ1n) is 8.37. The third kappa shape index (κ3) is 2.53. The van der Waals surface area contributed by atoms with Gasteiger partial charge in [-0.2, -0.15) is 5.10 Å². The van der Waals surface area contributed by atoms with Crippen LogP contribution in [0, 0.1) is 0 Å². The minimum Gasteiger partial charge on any atom is -0.478 e. The first kappa shape index (κ1) is 16.8. The lowest BCUT2D eigenvalue weighted by molar-refractivity contribution is 0.0697. The molecule has 3 heterocycles. The molecule has 0 spiro atoms. The Morgan fingerprint density at radius 1 is 1.15 bits per heavy atom. The van der Waals surface area contributed by atoms with Crippen molar-refractivity contribution >= 4 is 22.5 Å². The SMILES string of the molecule is CCn1c(=O)cc(-c2ccn3c(=O)n(C)nc3c2)c2cc(C(=O)O)ccc21. The van der Waals surface area contributed by atoms with Crippen LogP contribution in [0.4, 0.5) is 0 Å². The summed E-state index contributed by atoms with van der Waals surface area (Å²) in [5.41, 5.74) is 2.08. The van der Waals surface area contributed by atoms with E-state index in [1.165, 1.54) is 21.2 Å². The molecule has 0 amide bonds. The topological polar surface area (TPSA) is 98.6 Å². The number of rotatable bonds is 3. The zero-order valence-electron chi connectivity index (χ0n) is 14.7. The molecule has 0 aliphatic heterocycles. The smallest absolute Gasteiger partial charge is 0.350 e. The fraction of sp³-hybridized carbons (Fsp3) is 0.158. The first-order chi connectivity index (χ1) is 12.9. The van der Waals surface area contributed by atoms with Gasteiger partial charge in [0.1, 0.15) is 0 Å². The second-order valence-corrected chi connectivity index (χ2v) is 6.23. The van der Waals surface area contributed by atoms with Crippen molar-refractivity contribution in [2.75, 3.05) is 0 Å². The number of pyridine rings is 2. The van der Waals surface area contributed by atoms with Crippen molar-refractivity contribution in [3.63, 3.8) is 0 Å². The highest BCUT2D eigenvalue weighted by Gasteiger charge is 2.14. The zero-order valence-corrected chi connectivity index (χ0v) is 14.7. The number of benzene rings is 1. The lowest BCUT2D eigenvalue weighted by atomic mass is 10.00. The molecule has 27 heavy (non-hydrogen) atoms. The van der Waals surface area contributed by atoms with Gasteiger partial charge in [-0.1, -0.05) is 0 Å². The number of nitrogens with zero attached hydrogens (tertiary/aromatic N) is 4. The fourth-order valence-electron chi connectivity index (χ4n) is 3.33. The maximum atomic E-state index is 12.6. The van der Waals surface area contributed by atoms with Crippen LogP contribution < -0.4 is 11.2 Å². The molecule has 0 atom stereocenters. The molecule has 0 aliphatic carbocycles. The van der Waals surface area contributed by atoms with E-state index in [9.17, 15) is 19.5 Å². The summed E-state index contributed by atoms with van der Waals surface area (Å²) in [7, 11) is 1.56.